The van der Waals surface area contributed by atoms with Gasteiger partial charge in [-0.05, 0) is 55.3 Å². The van der Waals surface area contributed by atoms with Crippen molar-refractivity contribution in [3.05, 3.63) is 77.7 Å². The van der Waals surface area contributed by atoms with Gasteiger partial charge >= 0.3 is 0 Å². The number of ether oxygens (including phenoxy) is 1. The lowest BCUT2D eigenvalue weighted by atomic mass is 10.1. The molecule has 2 aromatic carbocycles. The molecular weight excluding hydrogens is 434 g/mol. The fourth-order valence-corrected chi connectivity index (χ4v) is 3.83. The van der Waals surface area contributed by atoms with Gasteiger partial charge in [-0.15, -0.1) is 5.10 Å². The summed E-state index contributed by atoms with van der Waals surface area (Å²) in [6.07, 6.45) is 1.49. The first-order chi connectivity index (χ1) is 16.5. The van der Waals surface area contributed by atoms with E-state index in [0.29, 0.717) is 30.1 Å². The van der Waals surface area contributed by atoms with Crippen molar-refractivity contribution in [1.82, 2.24) is 20.3 Å². The third-order valence-corrected chi connectivity index (χ3v) is 5.52. The molecular formula is C25H27N5O4. The van der Waals surface area contributed by atoms with Crippen LogP contribution in [0.3, 0.4) is 0 Å². The van der Waals surface area contributed by atoms with E-state index in [0.717, 1.165) is 16.6 Å². The average Bonchev–Trinajstić information content (AvgIpc) is 3.50. The second-order valence-electron chi connectivity index (χ2n) is 7.99. The predicted octanol–water partition coefficient (Wildman–Crippen LogP) is 3.18. The van der Waals surface area contributed by atoms with Crippen LogP contribution in [0.2, 0.25) is 0 Å². The molecule has 9 nitrogen and oxygen atoms in total. The zero-order valence-electron chi connectivity index (χ0n) is 19.4. The minimum atomic E-state index is -1.02. The van der Waals surface area contributed by atoms with Gasteiger partial charge in [0.25, 0.3) is 5.91 Å². The molecule has 0 bridgehead atoms. The number of fused-ring (bicyclic) bond motifs is 1. The van der Waals surface area contributed by atoms with E-state index in [4.69, 9.17) is 9.15 Å². The topological polar surface area (TPSA) is 102 Å². The molecule has 2 amide bonds. The summed E-state index contributed by atoms with van der Waals surface area (Å²) in [7, 11) is 1.56. The Kier molecular flexibility index (Phi) is 7.03. The molecule has 4 aromatic rings. The van der Waals surface area contributed by atoms with Crippen molar-refractivity contribution >= 4 is 28.5 Å². The second-order valence-corrected chi connectivity index (χ2v) is 7.99. The molecule has 0 spiro atoms. The van der Waals surface area contributed by atoms with Gasteiger partial charge in [-0.25, -0.2) is 4.68 Å². The van der Waals surface area contributed by atoms with Crippen LogP contribution in [0.25, 0.3) is 11.0 Å². The lowest BCUT2D eigenvalue weighted by Gasteiger charge is -2.31. The molecule has 2 heterocycles. The van der Waals surface area contributed by atoms with Crippen LogP contribution in [-0.4, -0.2) is 47.1 Å². The van der Waals surface area contributed by atoms with Crippen LogP contribution >= 0.6 is 0 Å². The number of anilines is 1. The van der Waals surface area contributed by atoms with E-state index in [-0.39, 0.29) is 18.4 Å². The van der Waals surface area contributed by atoms with E-state index in [1.165, 1.54) is 15.8 Å². The first kappa shape index (κ1) is 23.2. The minimum absolute atomic E-state index is 0.101. The van der Waals surface area contributed by atoms with Crippen LogP contribution in [0.4, 0.5) is 5.69 Å². The van der Waals surface area contributed by atoms with E-state index in [2.05, 4.69) is 15.6 Å². The van der Waals surface area contributed by atoms with Gasteiger partial charge in [0.15, 0.2) is 6.04 Å². The molecule has 0 aliphatic carbocycles. The summed E-state index contributed by atoms with van der Waals surface area (Å²) in [4.78, 5) is 28.8. The largest absolute Gasteiger partial charge is 0.467 e. The van der Waals surface area contributed by atoms with Gasteiger partial charge < -0.3 is 14.5 Å². The van der Waals surface area contributed by atoms with Crippen molar-refractivity contribution in [3.8, 4) is 0 Å². The number of amides is 2. The second kappa shape index (κ2) is 10.3. The van der Waals surface area contributed by atoms with Crippen LogP contribution in [0.15, 0.2) is 65.3 Å². The number of hydrogen-bond acceptors (Lipinski definition) is 6. The quantitative estimate of drug-likeness (QED) is 0.384. The maximum Gasteiger partial charge on any atom is 0.251 e. The van der Waals surface area contributed by atoms with Crippen molar-refractivity contribution in [2.75, 3.05) is 25.2 Å². The lowest BCUT2D eigenvalue weighted by Crippen LogP contribution is -2.46. The maximum absolute atomic E-state index is 13.9. The number of carbonyl (C=O) groups is 2. The van der Waals surface area contributed by atoms with Crippen LogP contribution in [-0.2, 0) is 20.9 Å². The monoisotopic (exact) mass is 461 g/mol. The number of nitrogens with one attached hydrogen (secondary N) is 1. The molecule has 176 valence electrons. The van der Waals surface area contributed by atoms with Crippen molar-refractivity contribution in [2.24, 2.45) is 0 Å². The SMILES string of the molecule is COCCNC(=O)[C@H](c1ccco1)N(C(=O)Cn1nnc2ccccc21)c1cc(C)ccc1C. The highest BCUT2D eigenvalue weighted by Crippen LogP contribution is 2.32. The molecule has 0 aliphatic rings. The summed E-state index contributed by atoms with van der Waals surface area (Å²) < 4.78 is 12.2. The zero-order chi connectivity index (χ0) is 24.1. The Labute approximate surface area is 197 Å². The Bertz CT molecular complexity index is 1280. The molecule has 0 fully saturated rings. The molecule has 34 heavy (non-hydrogen) atoms. The first-order valence-corrected chi connectivity index (χ1v) is 11.0. The number of aromatic nitrogens is 3. The summed E-state index contributed by atoms with van der Waals surface area (Å²) in [5, 5.41) is 11.2. The van der Waals surface area contributed by atoms with Crippen LogP contribution < -0.4 is 10.2 Å². The fraction of sp³-hybridized carbons (Fsp3) is 0.280. The van der Waals surface area contributed by atoms with Gasteiger partial charge in [-0.1, -0.05) is 29.5 Å². The smallest absolute Gasteiger partial charge is 0.251 e. The van der Waals surface area contributed by atoms with E-state index in [1.54, 1.807) is 19.2 Å². The van der Waals surface area contributed by atoms with Gasteiger partial charge in [0.2, 0.25) is 5.91 Å². The molecule has 1 N–H and O–H groups in total. The average molecular weight is 462 g/mol. The summed E-state index contributed by atoms with van der Waals surface area (Å²) in [6.45, 7) is 4.39. The number of para-hydroxylation sites is 1. The number of rotatable bonds is 9. The molecule has 0 aliphatic heterocycles. The van der Waals surface area contributed by atoms with Gasteiger partial charge in [0.05, 0.1) is 18.4 Å². The third-order valence-electron chi connectivity index (χ3n) is 5.52. The predicted molar refractivity (Wildman–Crippen MR) is 127 cm³/mol. The highest BCUT2D eigenvalue weighted by molar-refractivity contribution is 6.01. The number of aryl methyl sites for hydroxylation is 2. The number of carbonyl (C=O) groups excluding carboxylic acids is 2. The molecule has 4 rings (SSSR count). The highest BCUT2D eigenvalue weighted by Gasteiger charge is 2.35. The molecule has 0 saturated carbocycles. The lowest BCUT2D eigenvalue weighted by molar-refractivity contribution is -0.127. The number of furan rings is 1. The van der Waals surface area contributed by atoms with Gasteiger partial charge in [-0.2, -0.15) is 0 Å². The van der Waals surface area contributed by atoms with Crippen molar-refractivity contribution in [2.45, 2.75) is 26.4 Å². The van der Waals surface area contributed by atoms with E-state index in [9.17, 15) is 9.59 Å². The molecule has 0 radical (unpaired) electrons. The molecule has 0 unspecified atom stereocenters. The Morgan fingerprint density at radius 2 is 1.97 bits per heavy atom. The van der Waals surface area contributed by atoms with Gasteiger partial charge in [-0.3, -0.25) is 14.5 Å². The zero-order valence-corrected chi connectivity index (χ0v) is 19.4. The minimum Gasteiger partial charge on any atom is -0.467 e. The first-order valence-electron chi connectivity index (χ1n) is 11.0. The molecule has 0 saturated heterocycles. The normalized spacial score (nSPS) is 12.0. The highest BCUT2D eigenvalue weighted by atomic mass is 16.5. The Hall–Kier alpha value is -3.98. The summed E-state index contributed by atoms with van der Waals surface area (Å²) in [6, 6.07) is 15.6. The molecule has 2 aromatic heterocycles. The third kappa shape index (κ3) is 4.84. The van der Waals surface area contributed by atoms with E-state index >= 15 is 0 Å². The maximum atomic E-state index is 13.9. The van der Waals surface area contributed by atoms with Crippen LogP contribution in [0, 0.1) is 13.8 Å². The fourth-order valence-electron chi connectivity index (χ4n) is 3.83. The molecule has 9 heteroatoms. The Morgan fingerprint density at radius 3 is 2.74 bits per heavy atom. The van der Waals surface area contributed by atoms with Crippen LogP contribution in [0.1, 0.15) is 22.9 Å². The van der Waals surface area contributed by atoms with E-state index in [1.807, 2.05) is 56.3 Å². The number of benzene rings is 2. The standard InChI is InChI=1S/C25H27N5O4/c1-17-10-11-18(2)21(15-17)30(23(31)16-29-20-8-5-4-7-19(20)27-28-29)24(22-9-6-13-34-22)25(32)26-12-14-33-3/h4-11,13,15,24H,12,14,16H2,1-3H3,(H,26,32)/t24-/m0/s1. The Balaban J connectivity index is 1.78. The molecule has 1 atom stereocenters. The Morgan fingerprint density at radius 1 is 1.15 bits per heavy atom. The number of hydrogen-bond donors (Lipinski definition) is 1. The van der Waals surface area contributed by atoms with Gasteiger partial charge in [0.1, 0.15) is 17.8 Å². The summed E-state index contributed by atoms with van der Waals surface area (Å²) >= 11 is 0. The number of nitrogens with zero attached hydrogens (tertiary/aromatic N) is 4. The summed E-state index contributed by atoms with van der Waals surface area (Å²) in [5.74, 6) is -0.343. The van der Waals surface area contributed by atoms with Crippen molar-refractivity contribution < 1.29 is 18.7 Å². The summed E-state index contributed by atoms with van der Waals surface area (Å²) in [5.41, 5.74) is 3.85. The van der Waals surface area contributed by atoms with E-state index < -0.39 is 6.04 Å². The van der Waals surface area contributed by atoms with Crippen LogP contribution in [0.5, 0.6) is 0 Å². The van der Waals surface area contributed by atoms with Crippen molar-refractivity contribution in [1.29, 1.82) is 0 Å². The van der Waals surface area contributed by atoms with Crippen molar-refractivity contribution in [3.63, 3.8) is 0 Å². The van der Waals surface area contributed by atoms with Gasteiger partial charge in [0, 0.05) is 19.3 Å². The number of methoxy groups -OCH3 is 1.